The van der Waals surface area contributed by atoms with Gasteiger partial charge in [-0.2, -0.15) is 0 Å². The van der Waals surface area contributed by atoms with Crippen LogP contribution in [0.25, 0.3) is 0 Å². The van der Waals surface area contributed by atoms with Crippen LogP contribution >= 0.6 is 0 Å². The van der Waals surface area contributed by atoms with Gasteiger partial charge in [0.15, 0.2) is 0 Å². The highest BCUT2D eigenvalue weighted by Gasteiger charge is 2.06. The molecule has 1 amide bonds. The van der Waals surface area contributed by atoms with E-state index >= 15 is 0 Å². The molecule has 0 spiro atoms. The van der Waals surface area contributed by atoms with E-state index < -0.39 is 5.97 Å². The molecule has 0 atom stereocenters. The summed E-state index contributed by atoms with van der Waals surface area (Å²) >= 11 is 0. The highest BCUT2D eigenvalue weighted by atomic mass is 16.4. The van der Waals surface area contributed by atoms with Gasteiger partial charge in [-0.25, -0.2) is 4.79 Å². The Bertz CT molecular complexity index is 234. The van der Waals surface area contributed by atoms with E-state index in [1.54, 1.807) is 6.92 Å². The van der Waals surface area contributed by atoms with Crippen molar-refractivity contribution >= 4 is 11.9 Å². The number of nitrogens with one attached hydrogen (secondary N) is 1. The Balaban J connectivity index is 4.05. The molecule has 2 N–H and O–H groups in total. The van der Waals surface area contributed by atoms with E-state index in [9.17, 15) is 9.59 Å². The number of rotatable bonds is 6. The van der Waals surface area contributed by atoms with Gasteiger partial charge in [-0.05, 0) is 12.8 Å². The Labute approximate surface area is 84.0 Å². The number of aliphatic carboxylic acids is 1. The second kappa shape index (κ2) is 7.12. The van der Waals surface area contributed by atoms with E-state index in [0.29, 0.717) is 13.0 Å². The summed E-state index contributed by atoms with van der Waals surface area (Å²) in [5, 5.41) is 11.3. The monoisotopic (exact) mass is 199 g/mol. The molecule has 4 heteroatoms. The molecule has 0 aromatic rings. The number of carboxylic acids is 1. The van der Waals surface area contributed by atoms with E-state index in [0.717, 1.165) is 18.9 Å². The van der Waals surface area contributed by atoms with Crippen LogP contribution in [0.15, 0.2) is 11.6 Å². The average molecular weight is 199 g/mol. The van der Waals surface area contributed by atoms with Crippen molar-refractivity contribution in [1.29, 1.82) is 0 Å². The van der Waals surface area contributed by atoms with Crippen molar-refractivity contribution in [3.63, 3.8) is 0 Å². The van der Waals surface area contributed by atoms with Crippen LogP contribution in [-0.2, 0) is 9.59 Å². The van der Waals surface area contributed by atoms with Gasteiger partial charge in [0.25, 0.3) is 0 Å². The first-order chi connectivity index (χ1) is 6.61. The van der Waals surface area contributed by atoms with Crippen molar-refractivity contribution < 1.29 is 14.7 Å². The smallest absolute Gasteiger partial charge is 0.331 e. The summed E-state index contributed by atoms with van der Waals surface area (Å²) in [5.74, 6) is -1.35. The van der Waals surface area contributed by atoms with Crippen molar-refractivity contribution in [3.05, 3.63) is 11.6 Å². The lowest BCUT2D eigenvalue weighted by Gasteiger charge is -2.01. The zero-order valence-electron chi connectivity index (χ0n) is 8.67. The van der Waals surface area contributed by atoms with Crippen LogP contribution in [0.5, 0.6) is 0 Å². The number of hydrogen-bond donors (Lipinski definition) is 2. The molecule has 0 rings (SSSR count). The third-order valence-corrected chi connectivity index (χ3v) is 1.79. The van der Waals surface area contributed by atoms with Crippen LogP contribution in [0.1, 0.15) is 33.1 Å². The molecule has 0 aliphatic carbocycles. The maximum Gasteiger partial charge on any atom is 0.331 e. The van der Waals surface area contributed by atoms with Gasteiger partial charge < -0.3 is 10.4 Å². The average Bonchev–Trinajstić information content (AvgIpc) is 2.14. The number of hydrogen-bond acceptors (Lipinski definition) is 2. The standard InChI is InChI=1S/C10H17NO3/c1-3-5-6-11-9(12)7-8(4-2)10(13)14/h7H,3-6H2,1-2H3,(H,11,12)(H,13,14). The van der Waals surface area contributed by atoms with Gasteiger partial charge in [0.05, 0.1) is 0 Å². The molecule has 80 valence electrons. The molecule has 0 heterocycles. The molecule has 0 saturated heterocycles. The van der Waals surface area contributed by atoms with E-state index in [2.05, 4.69) is 5.32 Å². The predicted molar refractivity (Wildman–Crippen MR) is 53.9 cm³/mol. The lowest BCUT2D eigenvalue weighted by Crippen LogP contribution is -2.23. The largest absolute Gasteiger partial charge is 0.478 e. The quantitative estimate of drug-likeness (QED) is 0.501. The van der Waals surface area contributed by atoms with Crippen LogP contribution in [0, 0.1) is 0 Å². The normalized spacial score (nSPS) is 11.1. The van der Waals surface area contributed by atoms with Crippen LogP contribution in [0.3, 0.4) is 0 Å². The minimum atomic E-state index is -1.03. The Morgan fingerprint density at radius 1 is 1.36 bits per heavy atom. The zero-order valence-corrected chi connectivity index (χ0v) is 8.67. The van der Waals surface area contributed by atoms with Gasteiger partial charge in [-0.15, -0.1) is 0 Å². The predicted octanol–water partition coefficient (Wildman–Crippen LogP) is 1.32. The molecule has 14 heavy (non-hydrogen) atoms. The summed E-state index contributed by atoms with van der Waals surface area (Å²) < 4.78 is 0. The molecule has 0 radical (unpaired) electrons. The van der Waals surface area contributed by atoms with Crippen LogP contribution in [0.4, 0.5) is 0 Å². The fourth-order valence-electron chi connectivity index (χ4n) is 0.913. The molecule has 0 fully saturated rings. The highest BCUT2D eigenvalue weighted by molar-refractivity contribution is 5.97. The fourth-order valence-corrected chi connectivity index (χ4v) is 0.913. The molecular formula is C10H17NO3. The number of unbranched alkanes of at least 4 members (excludes halogenated alkanes) is 1. The Hall–Kier alpha value is -1.32. The summed E-state index contributed by atoms with van der Waals surface area (Å²) in [6.45, 7) is 4.33. The first-order valence-electron chi connectivity index (χ1n) is 4.83. The summed E-state index contributed by atoms with van der Waals surface area (Å²) in [6, 6.07) is 0. The molecule has 0 aromatic carbocycles. The SMILES string of the molecule is CCCCNC(=O)C=C(CC)C(=O)O. The minimum Gasteiger partial charge on any atom is -0.478 e. The first kappa shape index (κ1) is 12.7. The third kappa shape index (κ3) is 5.35. The van der Waals surface area contributed by atoms with Crippen LogP contribution < -0.4 is 5.32 Å². The molecule has 0 bridgehead atoms. The van der Waals surface area contributed by atoms with Crippen LogP contribution in [0.2, 0.25) is 0 Å². The Kier molecular flexibility index (Phi) is 6.45. The molecule has 4 nitrogen and oxygen atoms in total. The lowest BCUT2D eigenvalue weighted by molar-refractivity contribution is -0.133. The molecule has 0 unspecified atom stereocenters. The number of amides is 1. The van der Waals surface area contributed by atoms with Gasteiger partial charge >= 0.3 is 5.97 Å². The van der Waals surface area contributed by atoms with Crippen molar-refractivity contribution in [1.82, 2.24) is 5.32 Å². The highest BCUT2D eigenvalue weighted by Crippen LogP contribution is 1.99. The summed E-state index contributed by atoms with van der Waals surface area (Å²) in [5.41, 5.74) is 0.138. The lowest BCUT2D eigenvalue weighted by atomic mass is 10.2. The van der Waals surface area contributed by atoms with Crippen molar-refractivity contribution in [3.8, 4) is 0 Å². The second-order valence-electron chi connectivity index (χ2n) is 2.97. The zero-order chi connectivity index (χ0) is 11.0. The van der Waals surface area contributed by atoms with Gasteiger partial charge in [0, 0.05) is 18.2 Å². The second-order valence-corrected chi connectivity index (χ2v) is 2.97. The molecule has 0 aromatic heterocycles. The minimum absolute atomic E-state index is 0.138. The van der Waals surface area contributed by atoms with E-state index in [-0.39, 0.29) is 11.5 Å². The van der Waals surface area contributed by atoms with Gasteiger partial charge in [-0.3, -0.25) is 4.79 Å². The molecule has 0 aliphatic heterocycles. The maximum absolute atomic E-state index is 11.1. The van der Waals surface area contributed by atoms with Crippen molar-refractivity contribution in [2.45, 2.75) is 33.1 Å². The van der Waals surface area contributed by atoms with Gasteiger partial charge in [-0.1, -0.05) is 20.3 Å². The topological polar surface area (TPSA) is 66.4 Å². The summed E-state index contributed by atoms with van der Waals surface area (Å²) in [4.78, 5) is 21.7. The van der Waals surface area contributed by atoms with Crippen LogP contribution in [-0.4, -0.2) is 23.5 Å². The Morgan fingerprint density at radius 3 is 2.43 bits per heavy atom. The van der Waals surface area contributed by atoms with Gasteiger partial charge in [0.1, 0.15) is 0 Å². The van der Waals surface area contributed by atoms with Gasteiger partial charge in [0.2, 0.25) is 5.91 Å². The summed E-state index contributed by atoms with van der Waals surface area (Å²) in [7, 11) is 0. The number of carboxylic acid groups (broad SMARTS) is 1. The third-order valence-electron chi connectivity index (χ3n) is 1.79. The molecule has 0 aliphatic rings. The van der Waals surface area contributed by atoms with E-state index in [1.165, 1.54) is 0 Å². The van der Waals surface area contributed by atoms with E-state index in [1.807, 2.05) is 6.92 Å². The van der Waals surface area contributed by atoms with E-state index in [4.69, 9.17) is 5.11 Å². The molecular weight excluding hydrogens is 182 g/mol. The fraction of sp³-hybridized carbons (Fsp3) is 0.600. The van der Waals surface area contributed by atoms with Crippen molar-refractivity contribution in [2.24, 2.45) is 0 Å². The number of carbonyl (C=O) groups excluding carboxylic acids is 1. The Morgan fingerprint density at radius 2 is 2.00 bits per heavy atom. The summed E-state index contributed by atoms with van der Waals surface area (Å²) in [6.07, 6.45) is 3.42. The van der Waals surface area contributed by atoms with Crippen molar-refractivity contribution in [2.75, 3.05) is 6.54 Å². The first-order valence-corrected chi connectivity index (χ1v) is 4.83. The maximum atomic E-state index is 11.1. The molecule has 0 saturated carbocycles. The number of carbonyl (C=O) groups is 2.